The van der Waals surface area contributed by atoms with E-state index in [9.17, 15) is 0 Å². The molecule has 2 aliphatic rings. The van der Waals surface area contributed by atoms with Crippen LogP contribution >= 0.6 is 0 Å². The molecule has 0 amide bonds. The second-order valence-corrected chi connectivity index (χ2v) is 6.47. The van der Waals surface area contributed by atoms with Crippen LogP contribution in [0, 0.1) is 11.8 Å². The van der Waals surface area contributed by atoms with Gasteiger partial charge in [-0.05, 0) is 50.5 Å². The molecule has 0 aromatic carbocycles. The summed E-state index contributed by atoms with van der Waals surface area (Å²) in [7, 11) is 0. The molecular formula is C16H32N2. The third-order valence-electron chi connectivity index (χ3n) is 5.30. The van der Waals surface area contributed by atoms with Gasteiger partial charge in [-0.25, -0.2) is 0 Å². The molecule has 0 bridgehead atoms. The largest absolute Gasteiger partial charge is 0.330 e. The van der Waals surface area contributed by atoms with E-state index in [1.807, 2.05) is 0 Å². The lowest BCUT2D eigenvalue weighted by Crippen LogP contribution is -2.49. The number of rotatable bonds is 5. The molecule has 0 aromatic heterocycles. The number of hydrogen-bond donors (Lipinski definition) is 2. The van der Waals surface area contributed by atoms with E-state index in [0.29, 0.717) is 6.04 Å². The van der Waals surface area contributed by atoms with Gasteiger partial charge in [0.2, 0.25) is 0 Å². The molecule has 18 heavy (non-hydrogen) atoms. The highest BCUT2D eigenvalue weighted by atomic mass is 15.0. The van der Waals surface area contributed by atoms with Gasteiger partial charge in [0, 0.05) is 12.1 Å². The van der Waals surface area contributed by atoms with Crippen molar-refractivity contribution < 1.29 is 0 Å². The summed E-state index contributed by atoms with van der Waals surface area (Å²) in [4.78, 5) is 0. The Balaban J connectivity index is 1.87. The smallest absolute Gasteiger partial charge is 0.0110 e. The van der Waals surface area contributed by atoms with Crippen molar-refractivity contribution >= 4 is 0 Å². The minimum Gasteiger partial charge on any atom is -0.330 e. The number of hydrogen-bond acceptors (Lipinski definition) is 2. The van der Waals surface area contributed by atoms with Crippen LogP contribution in [0.15, 0.2) is 0 Å². The fourth-order valence-corrected chi connectivity index (χ4v) is 4.11. The average molecular weight is 252 g/mol. The molecule has 2 aliphatic carbocycles. The van der Waals surface area contributed by atoms with Crippen LogP contribution in [0.25, 0.3) is 0 Å². The van der Waals surface area contributed by atoms with Crippen LogP contribution in [0.3, 0.4) is 0 Å². The Kier molecular flexibility index (Phi) is 5.97. The second kappa shape index (κ2) is 7.49. The molecule has 0 radical (unpaired) electrons. The Bertz CT molecular complexity index is 223. The maximum atomic E-state index is 5.95. The average Bonchev–Trinajstić information content (AvgIpc) is 2.46. The van der Waals surface area contributed by atoms with Gasteiger partial charge < -0.3 is 11.1 Å². The van der Waals surface area contributed by atoms with Crippen molar-refractivity contribution in [2.75, 3.05) is 6.54 Å². The van der Waals surface area contributed by atoms with Gasteiger partial charge >= 0.3 is 0 Å². The van der Waals surface area contributed by atoms with Crippen LogP contribution in [-0.2, 0) is 0 Å². The SMILES string of the molecule is CCC(NC1CCCCC1CN)C1CCCCC1. The van der Waals surface area contributed by atoms with Crippen molar-refractivity contribution in [2.45, 2.75) is 83.2 Å². The summed E-state index contributed by atoms with van der Waals surface area (Å²) in [6.07, 6.45) is 14.0. The summed E-state index contributed by atoms with van der Waals surface area (Å²) < 4.78 is 0. The molecule has 0 saturated heterocycles. The minimum atomic E-state index is 0.704. The molecule has 0 spiro atoms. The summed E-state index contributed by atoms with van der Waals surface area (Å²) in [6, 6.07) is 1.46. The molecule has 3 N–H and O–H groups in total. The first-order chi connectivity index (χ1) is 8.85. The van der Waals surface area contributed by atoms with E-state index in [1.165, 1.54) is 64.2 Å². The number of nitrogens with one attached hydrogen (secondary N) is 1. The summed E-state index contributed by atoms with van der Waals surface area (Å²) in [5.74, 6) is 1.67. The van der Waals surface area contributed by atoms with E-state index in [1.54, 1.807) is 0 Å². The maximum Gasteiger partial charge on any atom is 0.0110 e. The predicted molar refractivity (Wildman–Crippen MR) is 78.6 cm³/mol. The Hall–Kier alpha value is -0.0800. The Labute approximate surface area is 113 Å². The lowest BCUT2D eigenvalue weighted by atomic mass is 9.80. The van der Waals surface area contributed by atoms with Gasteiger partial charge in [-0.2, -0.15) is 0 Å². The highest BCUT2D eigenvalue weighted by Gasteiger charge is 2.29. The lowest BCUT2D eigenvalue weighted by molar-refractivity contribution is 0.192. The van der Waals surface area contributed by atoms with Gasteiger partial charge in [0.25, 0.3) is 0 Å². The van der Waals surface area contributed by atoms with Gasteiger partial charge in [-0.15, -0.1) is 0 Å². The standard InChI is InChI=1S/C16H32N2/c1-2-15(13-8-4-3-5-9-13)18-16-11-7-6-10-14(16)12-17/h13-16,18H,2-12,17H2,1H3. The highest BCUT2D eigenvalue weighted by molar-refractivity contribution is 4.87. The van der Waals surface area contributed by atoms with Crippen molar-refractivity contribution in [1.29, 1.82) is 0 Å². The van der Waals surface area contributed by atoms with Gasteiger partial charge in [0.1, 0.15) is 0 Å². The zero-order chi connectivity index (χ0) is 12.8. The van der Waals surface area contributed by atoms with Gasteiger partial charge in [0.15, 0.2) is 0 Å². The molecule has 2 heteroatoms. The molecule has 2 fully saturated rings. The fourth-order valence-electron chi connectivity index (χ4n) is 4.11. The zero-order valence-corrected chi connectivity index (χ0v) is 12.2. The molecular weight excluding hydrogens is 220 g/mol. The third kappa shape index (κ3) is 3.71. The molecule has 0 heterocycles. The summed E-state index contributed by atoms with van der Waals surface area (Å²) in [5.41, 5.74) is 5.95. The van der Waals surface area contributed by atoms with Gasteiger partial charge in [-0.1, -0.05) is 39.0 Å². The Morgan fingerprint density at radius 3 is 2.33 bits per heavy atom. The Morgan fingerprint density at radius 1 is 1.00 bits per heavy atom. The van der Waals surface area contributed by atoms with Crippen LogP contribution in [0.1, 0.15) is 71.1 Å². The van der Waals surface area contributed by atoms with E-state index >= 15 is 0 Å². The van der Waals surface area contributed by atoms with Gasteiger partial charge in [-0.3, -0.25) is 0 Å². The summed E-state index contributed by atoms with van der Waals surface area (Å²) in [5, 5.41) is 4.00. The first-order valence-corrected chi connectivity index (χ1v) is 8.31. The molecule has 0 aromatic rings. The van der Waals surface area contributed by atoms with Crippen LogP contribution < -0.4 is 11.1 Å². The second-order valence-electron chi connectivity index (χ2n) is 6.47. The van der Waals surface area contributed by atoms with Crippen LogP contribution in [0.2, 0.25) is 0 Å². The quantitative estimate of drug-likeness (QED) is 0.786. The normalized spacial score (nSPS) is 32.3. The third-order valence-corrected chi connectivity index (χ3v) is 5.30. The van der Waals surface area contributed by atoms with Crippen molar-refractivity contribution in [3.8, 4) is 0 Å². The van der Waals surface area contributed by atoms with E-state index < -0.39 is 0 Å². The highest BCUT2D eigenvalue weighted by Crippen LogP contribution is 2.30. The van der Waals surface area contributed by atoms with E-state index in [2.05, 4.69) is 12.2 Å². The molecule has 2 saturated carbocycles. The van der Waals surface area contributed by atoms with Crippen LogP contribution in [-0.4, -0.2) is 18.6 Å². The molecule has 2 rings (SSSR count). The van der Waals surface area contributed by atoms with E-state index in [-0.39, 0.29) is 0 Å². The van der Waals surface area contributed by atoms with Crippen molar-refractivity contribution in [3.63, 3.8) is 0 Å². The van der Waals surface area contributed by atoms with E-state index in [0.717, 1.165) is 24.4 Å². The molecule has 2 nitrogen and oxygen atoms in total. The van der Waals surface area contributed by atoms with Crippen molar-refractivity contribution in [3.05, 3.63) is 0 Å². The Morgan fingerprint density at radius 2 is 1.67 bits per heavy atom. The van der Waals surface area contributed by atoms with Gasteiger partial charge in [0.05, 0.1) is 0 Å². The van der Waals surface area contributed by atoms with Crippen LogP contribution in [0.4, 0.5) is 0 Å². The van der Waals surface area contributed by atoms with Crippen molar-refractivity contribution in [2.24, 2.45) is 17.6 Å². The topological polar surface area (TPSA) is 38.0 Å². The summed E-state index contributed by atoms with van der Waals surface area (Å²) >= 11 is 0. The minimum absolute atomic E-state index is 0.704. The molecule has 3 unspecified atom stereocenters. The molecule has 3 atom stereocenters. The zero-order valence-electron chi connectivity index (χ0n) is 12.2. The maximum absolute atomic E-state index is 5.95. The van der Waals surface area contributed by atoms with Crippen LogP contribution in [0.5, 0.6) is 0 Å². The number of nitrogens with two attached hydrogens (primary N) is 1. The first-order valence-electron chi connectivity index (χ1n) is 8.31. The monoisotopic (exact) mass is 252 g/mol. The van der Waals surface area contributed by atoms with Crippen molar-refractivity contribution in [1.82, 2.24) is 5.32 Å². The fraction of sp³-hybridized carbons (Fsp3) is 1.00. The predicted octanol–water partition coefficient (Wildman–Crippen LogP) is 3.45. The van der Waals surface area contributed by atoms with E-state index in [4.69, 9.17) is 5.73 Å². The summed E-state index contributed by atoms with van der Waals surface area (Å²) in [6.45, 7) is 3.23. The molecule has 0 aliphatic heterocycles. The first kappa shape index (κ1) is 14.3. The lowest BCUT2D eigenvalue weighted by Gasteiger charge is -2.38. The molecule has 106 valence electrons.